The molecule has 0 spiro atoms. The van der Waals surface area contributed by atoms with Gasteiger partial charge < -0.3 is 11.1 Å². The molecule has 1 saturated carbocycles. The molecular formula is C14H24N4O. The second-order valence-corrected chi connectivity index (χ2v) is 5.49. The summed E-state index contributed by atoms with van der Waals surface area (Å²) in [4.78, 5) is 12.3. The maximum Gasteiger partial charge on any atom is 0.271 e. The number of amides is 1. The number of nitrogen functional groups attached to an aromatic ring is 1. The molecule has 0 radical (unpaired) electrons. The van der Waals surface area contributed by atoms with Crippen molar-refractivity contribution in [2.45, 2.75) is 52.0 Å². The third kappa shape index (κ3) is 2.74. The van der Waals surface area contributed by atoms with Crippen molar-refractivity contribution >= 4 is 11.6 Å². The van der Waals surface area contributed by atoms with Crippen LogP contribution in [0, 0.1) is 5.92 Å². The Kier molecular flexibility index (Phi) is 4.12. The van der Waals surface area contributed by atoms with Crippen LogP contribution in [-0.4, -0.2) is 21.7 Å². The Balaban J connectivity index is 2.09. The van der Waals surface area contributed by atoms with E-state index in [0.29, 0.717) is 17.3 Å². The summed E-state index contributed by atoms with van der Waals surface area (Å²) in [5.41, 5.74) is 7.80. The third-order valence-corrected chi connectivity index (χ3v) is 4.18. The van der Waals surface area contributed by atoms with E-state index in [1.54, 1.807) is 11.7 Å². The number of nitrogens with zero attached hydrogens (tertiary/aromatic N) is 2. The van der Waals surface area contributed by atoms with E-state index in [4.69, 9.17) is 5.73 Å². The smallest absolute Gasteiger partial charge is 0.271 e. The summed E-state index contributed by atoms with van der Waals surface area (Å²) in [5.74, 6) is 0.496. The minimum absolute atomic E-state index is 0.105. The van der Waals surface area contributed by atoms with Gasteiger partial charge in [-0.15, -0.1) is 0 Å². The van der Waals surface area contributed by atoms with Gasteiger partial charge in [-0.2, -0.15) is 5.10 Å². The van der Waals surface area contributed by atoms with Gasteiger partial charge >= 0.3 is 0 Å². The number of carbonyl (C=O) groups is 1. The highest BCUT2D eigenvalue weighted by Crippen LogP contribution is 2.28. The molecule has 0 aromatic carbocycles. The monoisotopic (exact) mass is 264 g/mol. The summed E-state index contributed by atoms with van der Waals surface area (Å²) in [5, 5.41) is 7.36. The highest BCUT2D eigenvalue weighted by Gasteiger charge is 2.25. The van der Waals surface area contributed by atoms with Gasteiger partial charge in [0, 0.05) is 13.1 Å². The molecule has 0 aliphatic heterocycles. The Morgan fingerprint density at radius 3 is 2.68 bits per heavy atom. The summed E-state index contributed by atoms with van der Waals surface area (Å²) >= 11 is 0. The Morgan fingerprint density at radius 1 is 1.53 bits per heavy atom. The maximum absolute atomic E-state index is 12.3. The molecule has 19 heavy (non-hydrogen) atoms. The zero-order valence-electron chi connectivity index (χ0n) is 12.1. The summed E-state index contributed by atoms with van der Waals surface area (Å²) in [6, 6.07) is 0.203. The fourth-order valence-electron chi connectivity index (χ4n) is 2.98. The number of aryl methyl sites for hydroxylation is 2. The van der Waals surface area contributed by atoms with E-state index in [-0.39, 0.29) is 11.9 Å². The van der Waals surface area contributed by atoms with E-state index in [1.807, 2.05) is 6.92 Å². The lowest BCUT2D eigenvalue weighted by Gasteiger charge is -2.20. The van der Waals surface area contributed by atoms with Gasteiger partial charge in [0.1, 0.15) is 5.69 Å². The first-order valence-electron chi connectivity index (χ1n) is 7.16. The fraction of sp³-hybridized carbons (Fsp3) is 0.714. The average Bonchev–Trinajstić information content (AvgIpc) is 2.97. The van der Waals surface area contributed by atoms with Crippen molar-refractivity contribution in [1.29, 1.82) is 0 Å². The second-order valence-electron chi connectivity index (χ2n) is 5.49. The predicted molar refractivity (Wildman–Crippen MR) is 75.9 cm³/mol. The molecule has 1 aliphatic carbocycles. The zero-order chi connectivity index (χ0) is 14.0. The van der Waals surface area contributed by atoms with Crippen LogP contribution in [0.2, 0.25) is 0 Å². The molecule has 1 fully saturated rings. The van der Waals surface area contributed by atoms with Crippen LogP contribution in [0.4, 0.5) is 5.69 Å². The third-order valence-electron chi connectivity index (χ3n) is 4.18. The van der Waals surface area contributed by atoms with Gasteiger partial charge in [0.2, 0.25) is 0 Å². The van der Waals surface area contributed by atoms with Crippen LogP contribution in [0.5, 0.6) is 0 Å². The molecule has 2 rings (SSSR count). The van der Waals surface area contributed by atoms with Gasteiger partial charge in [-0.3, -0.25) is 9.48 Å². The van der Waals surface area contributed by atoms with Gasteiger partial charge in [0.15, 0.2) is 0 Å². The molecule has 1 aliphatic rings. The summed E-state index contributed by atoms with van der Waals surface area (Å²) in [6.45, 7) is 4.07. The van der Waals surface area contributed by atoms with Crippen molar-refractivity contribution in [1.82, 2.24) is 15.1 Å². The van der Waals surface area contributed by atoms with E-state index in [9.17, 15) is 4.79 Å². The minimum Gasteiger partial charge on any atom is -0.395 e. The Labute approximate surface area is 114 Å². The number of hydrogen-bond donors (Lipinski definition) is 2. The molecule has 1 amide bonds. The van der Waals surface area contributed by atoms with E-state index in [1.165, 1.54) is 25.7 Å². The normalized spacial score (nSPS) is 17.6. The maximum atomic E-state index is 12.3. The Hall–Kier alpha value is -1.52. The molecule has 0 bridgehead atoms. The first kappa shape index (κ1) is 13.9. The lowest BCUT2D eigenvalue weighted by molar-refractivity contribution is 0.0918. The standard InChI is InChI=1S/C14H24N4O/c1-4-11-12(15)13(18(3)17-11)14(19)16-9(2)10-7-5-6-8-10/h9-10H,4-8,15H2,1-3H3,(H,16,19). The number of carbonyl (C=O) groups excluding carboxylic acids is 1. The van der Waals surface area contributed by atoms with Crippen LogP contribution in [0.15, 0.2) is 0 Å². The topological polar surface area (TPSA) is 72.9 Å². The number of nitrogens with one attached hydrogen (secondary N) is 1. The van der Waals surface area contributed by atoms with Crippen molar-refractivity contribution in [2.75, 3.05) is 5.73 Å². The summed E-state index contributed by atoms with van der Waals surface area (Å²) in [7, 11) is 1.77. The molecule has 0 saturated heterocycles. The zero-order valence-corrected chi connectivity index (χ0v) is 12.1. The molecule has 5 nitrogen and oxygen atoms in total. The molecule has 1 atom stereocenters. The van der Waals surface area contributed by atoms with Crippen molar-refractivity contribution in [2.24, 2.45) is 13.0 Å². The van der Waals surface area contributed by atoms with Gasteiger partial charge in [-0.25, -0.2) is 0 Å². The number of hydrogen-bond acceptors (Lipinski definition) is 3. The van der Waals surface area contributed by atoms with Crippen LogP contribution >= 0.6 is 0 Å². The van der Waals surface area contributed by atoms with Crippen LogP contribution in [0.25, 0.3) is 0 Å². The van der Waals surface area contributed by atoms with Gasteiger partial charge in [0.25, 0.3) is 5.91 Å². The minimum atomic E-state index is -0.105. The summed E-state index contributed by atoms with van der Waals surface area (Å²) in [6.07, 6.45) is 5.72. The molecule has 3 N–H and O–H groups in total. The molecular weight excluding hydrogens is 240 g/mol. The lowest BCUT2D eigenvalue weighted by Crippen LogP contribution is -2.38. The first-order valence-corrected chi connectivity index (χ1v) is 7.16. The largest absolute Gasteiger partial charge is 0.395 e. The number of rotatable bonds is 4. The molecule has 5 heteroatoms. The Bertz CT molecular complexity index is 460. The quantitative estimate of drug-likeness (QED) is 0.872. The van der Waals surface area contributed by atoms with Gasteiger partial charge in [0.05, 0.1) is 11.4 Å². The number of anilines is 1. The number of nitrogens with two attached hydrogens (primary N) is 1. The van der Waals surface area contributed by atoms with E-state index >= 15 is 0 Å². The molecule has 106 valence electrons. The van der Waals surface area contributed by atoms with Crippen molar-refractivity contribution in [3.8, 4) is 0 Å². The molecule has 1 aromatic rings. The molecule has 1 unspecified atom stereocenters. The van der Waals surface area contributed by atoms with E-state index in [2.05, 4.69) is 17.3 Å². The van der Waals surface area contributed by atoms with Crippen LogP contribution in [0.1, 0.15) is 55.7 Å². The predicted octanol–water partition coefficient (Wildman–Crippen LogP) is 1.87. The van der Waals surface area contributed by atoms with Crippen LogP contribution in [0.3, 0.4) is 0 Å². The Morgan fingerprint density at radius 2 is 2.16 bits per heavy atom. The highest BCUT2D eigenvalue weighted by molar-refractivity contribution is 5.98. The van der Waals surface area contributed by atoms with E-state index < -0.39 is 0 Å². The van der Waals surface area contributed by atoms with Crippen LogP contribution < -0.4 is 11.1 Å². The van der Waals surface area contributed by atoms with Gasteiger partial charge in [-0.1, -0.05) is 19.8 Å². The first-order chi connectivity index (χ1) is 9.04. The molecule has 1 aromatic heterocycles. The second kappa shape index (κ2) is 5.63. The fourth-order valence-corrected chi connectivity index (χ4v) is 2.98. The number of aromatic nitrogens is 2. The van der Waals surface area contributed by atoms with Crippen molar-refractivity contribution < 1.29 is 4.79 Å². The summed E-state index contributed by atoms with van der Waals surface area (Å²) < 4.78 is 1.59. The van der Waals surface area contributed by atoms with Crippen LogP contribution in [-0.2, 0) is 13.5 Å². The van der Waals surface area contributed by atoms with E-state index in [0.717, 1.165) is 12.1 Å². The van der Waals surface area contributed by atoms with Gasteiger partial charge in [-0.05, 0) is 32.1 Å². The van der Waals surface area contributed by atoms with Crippen molar-refractivity contribution in [3.63, 3.8) is 0 Å². The van der Waals surface area contributed by atoms with Crippen molar-refractivity contribution in [3.05, 3.63) is 11.4 Å². The highest BCUT2D eigenvalue weighted by atomic mass is 16.2. The average molecular weight is 264 g/mol. The lowest BCUT2D eigenvalue weighted by atomic mass is 10.00. The molecule has 1 heterocycles. The SMILES string of the molecule is CCc1nn(C)c(C(=O)NC(C)C2CCCC2)c1N.